The van der Waals surface area contributed by atoms with Gasteiger partial charge >= 0.3 is 0 Å². The summed E-state index contributed by atoms with van der Waals surface area (Å²) in [5, 5.41) is 10.8. The highest BCUT2D eigenvalue weighted by molar-refractivity contribution is 5.24. The maximum Gasteiger partial charge on any atom is 0.129 e. The van der Waals surface area contributed by atoms with Gasteiger partial charge in [-0.3, -0.25) is 0 Å². The van der Waals surface area contributed by atoms with E-state index in [2.05, 4.69) is 13.8 Å². The van der Waals surface area contributed by atoms with Crippen LogP contribution in [-0.4, -0.2) is 5.11 Å². The largest absolute Gasteiger partial charge is 0.385 e. The number of rotatable bonds is 8. The molecule has 108 valence electrons. The number of aliphatic hydroxyl groups is 1. The zero-order valence-corrected chi connectivity index (χ0v) is 12.5. The Hall–Kier alpha value is -0.890. The van der Waals surface area contributed by atoms with Gasteiger partial charge in [-0.2, -0.15) is 0 Å². The van der Waals surface area contributed by atoms with Crippen LogP contribution in [0.3, 0.4) is 0 Å². The number of unbranched alkanes of at least 4 members (excludes halogenated alkanes) is 1. The van der Waals surface area contributed by atoms with E-state index in [0.717, 1.165) is 12.8 Å². The Balaban J connectivity index is 2.88. The molecule has 0 radical (unpaired) electrons. The first kappa shape index (κ1) is 16.2. The van der Waals surface area contributed by atoms with E-state index in [4.69, 9.17) is 0 Å². The minimum absolute atomic E-state index is 0.294. The molecule has 0 saturated carbocycles. The minimum atomic E-state index is -1.03. The Morgan fingerprint density at radius 2 is 1.89 bits per heavy atom. The SMILES string of the molecule is CCCCC(CC)CC(O)(CC)c1ccccc1F. The van der Waals surface area contributed by atoms with Gasteiger partial charge in [-0.25, -0.2) is 4.39 Å². The first-order valence-electron chi connectivity index (χ1n) is 7.54. The molecule has 1 N–H and O–H groups in total. The fourth-order valence-electron chi connectivity index (χ4n) is 2.70. The molecule has 1 nitrogen and oxygen atoms in total. The summed E-state index contributed by atoms with van der Waals surface area (Å²) in [6.07, 6.45) is 5.70. The fourth-order valence-corrected chi connectivity index (χ4v) is 2.70. The Morgan fingerprint density at radius 1 is 1.21 bits per heavy atom. The molecule has 0 bridgehead atoms. The van der Waals surface area contributed by atoms with Crippen molar-refractivity contribution in [3.63, 3.8) is 0 Å². The van der Waals surface area contributed by atoms with E-state index < -0.39 is 5.60 Å². The average Bonchev–Trinajstić information content (AvgIpc) is 2.43. The lowest BCUT2D eigenvalue weighted by Gasteiger charge is -2.31. The Morgan fingerprint density at radius 3 is 2.42 bits per heavy atom. The average molecular weight is 266 g/mol. The van der Waals surface area contributed by atoms with Crippen molar-refractivity contribution in [1.82, 2.24) is 0 Å². The van der Waals surface area contributed by atoms with E-state index >= 15 is 0 Å². The van der Waals surface area contributed by atoms with Gasteiger partial charge in [0.1, 0.15) is 5.82 Å². The van der Waals surface area contributed by atoms with Gasteiger partial charge in [-0.15, -0.1) is 0 Å². The Bertz CT molecular complexity index is 377. The summed E-state index contributed by atoms with van der Waals surface area (Å²) in [6, 6.07) is 6.61. The van der Waals surface area contributed by atoms with Gasteiger partial charge in [0.15, 0.2) is 0 Å². The summed E-state index contributed by atoms with van der Waals surface area (Å²) in [5.74, 6) is 0.168. The van der Waals surface area contributed by atoms with Crippen LogP contribution in [0.15, 0.2) is 24.3 Å². The normalized spacial score (nSPS) is 16.1. The lowest BCUT2D eigenvalue weighted by atomic mass is 9.80. The predicted octanol–water partition coefficient (Wildman–Crippen LogP) is 5.03. The van der Waals surface area contributed by atoms with Crippen LogP contribution >= 0.6 is 0 Å². The van der Waals surface area contributed by atoms with Crippen molar-refractivity contribution in [3.05, 3.63) is 35.6 Å². The molecule has 0 spiro atoms. The highest BCUT2D eigenvalue weighted by Crippen LogP contribution is 2.36. The molecule has 2 atom stereocenters. The fraction of sp³-hybridized carbons (Fsp3) is 0.647. The Kier molecular flexibility index (Phi) is 6.50. The van der Waals surface area contributed by atoms with Crippen LogP contribution in [-0.2, 0) is 5.60 Å². The maximum atomic E-state index is 13.9. The van der Waals surface area contributed by atoms with Gasteiger partial charge in [0.2, 0.25) is 0 Å². The highest BCUT2D eigenvalue weighted by atomic mass is 19.1. The third kappa shape index (κ3) is 4.31. The molecule has 0 heterocycles. The second kappa shape index (κ2) is 7.64. The van der Waals surface area contributed by atoms with E-state index in [1.165, 1.54) is 18.9 Å². The molecule has 1 aromatic rings. The van der Waals surface area contributed by atoms with Crippen LogP contribution in [0.4, 0.5) is 4.39 Å². The molecule has 0 aliphatic heterocycles. The van der Waals surface area contributed by atoms with Gasteiger partial charge in [-0.1, -0.05) is 64.7 Å². The Labute approximate surface area is 116 Å². The molecule has 0 aromatic heterocycles. The smallest absolute Gasteiger partial charge is 0.129 e. The topological polar surface area (TPSA) is 20.2 Å². The molecule has 0 aliphatic carbocycles. The van der Waals surface area contributed by atoms with Crippen molar-refractivity contribution in [1.29, 1.82) is 0 Å². The summed E-state index contributed by atoms with van der Waals surface area (Å²) in [6.45, 7) is 6.26. The summed E-state index contributed by atoms with van der Waals surface area (Å²) in [7, 11) is 0. The number of halogens is 1. The molecule has 0 fully saturated rings. The minimum Gasteiger partial charge on any atom is -0.385 e. The number of hydrogen-bond donors (Lipinski definition) is 1. The molecule has 19 heavy (non-hydrogen) atoms. The van der Waals surface area contributed by atoms with Gasteiger partial charge in [0.05, 0.1) is 5.60 Å². The molecule has 0 saturated heterocycles. The van der Waals surface area contributed by atoms with E-state index in [-0.39, 0.29) is 5.82 Å². The molecule has 1 rings (SSSR count). The molecule has 2 unspecified atom stereocenters. The van der Waals surface area contributed by atoms with E-state index in [1.807, 2.05) is 6.92 Å². The van der Waals surface area contributed by atoms with Crippen molar-refractivity contribution >= 4 is 0 Å². The molecule has 0 amide bonds. The van der Waals surface area contributed by atoms with Gasteiger partial charge in [-0.05, 0) is 24.8 Å². The maximum absolute atomic E-state index is 13.9. The lowest BCUT2D eigenvalue weighted by molar-refractivity contribution is 0.00166. The van der Waals surface area contributed by atoms with Crippen LogP contribution < -0.4 is 0 Å². The molecule has 2 heteroatoms. The summed E-state index contributed by atoms with van der Waals surface area (Å²) >= 11 is 0. The summed E-state index contributed by atoms with van der Waals surface area (Å²) in [5.41, 5.74) is -0.577. The number of benzene rings is 1. The van der Waals surface area contributed by atoms with E-state index in [9.17, 15) is 9.50 Å². The first-order valence-corrected chi connectivity index (χ1v) is 7.54. The second-order valence-electron chi connectivity index (χ2n) is 5.49. The van der Waals surface area contributed by atoms with Crippen LogP contribution in [0.5, 0.6) is 0 Å². The molecular formula is C17H27FO. The first-order chi connectivity index (χ1) is 9.07. The van der Waals surface area contributed by atoms with Crippen molar-refractivity contribution in [2.75, 3.05) is 0 Å². The van der Waals surface area contributed by atoms with Crippen LogP contribution in [0.2, 0.25) is 0 Å². The standard InChI is InChI=1S/C17H27FO/c1-4-7-10-14(5-2)13-17(19,6-3)15-11-8-9-12-16(15)18/h8-9,11-12,14,19H,4-7,10,13H2,1-3H3. The van der Waals surface area contributed by atoms with Gasteiger partial charge in [0.25, 0.3) is 0 Å². The van der Waals surface area contributed by atoms with Crippen molar-refractivity contribution in [3.8, 4) is 0 Å². The van der Waals surface area contributed by atoms with Crippen molar-refractivity contribution < 1.29 is 9.50 Å². The molecular weight excluding hydrogens is 239 g/mol. The molecule has 0 aliphatic rings. The van der Waals surface area contributed by atoms with Crippen molar-refractivity contribution in [2.24, 2.45) is 5.92 Å². The summed E-state index contributed by atoms with van der Waals surface area (Å²) in [4.78, 5) is 0. The zero-order chi connectivity index (χ0) is 14.3. The third-order valence-electron chi connectivity index (χ3n) is 4.13. The highest BCUT2D eigenvalue weighted by Gasteiger charge is 2.32. The van der Waals surface area contributed by atoms with Crippen LogP contribution in [0.1, 0.15) is 64.9 Å². The zero-order valence-electron chi connectivity index (χ0n) is 12.5. The van der Waals surface area contributed by atoms with E-state index in [0.29, 0.717) is 24.3 Å². The van der Waals surface area contributed by atoms with Gasteiger partial charge < -0.3 is 5.11 Å². The van der Waals surface area contributed by atoms with Crippen LogP contribution in [0.25, 0.3) is 0 Å². The molecule has 1 aromatic carbocycles. The third-order valence-corrected chi connectivity index (χ3v) is 4.13. The monoisotopic (exact) mass is 266 g/mol. The quantitative estimate of drug-likeness (QED) is 0.699. The van der Waals surface area contributed by atoms with E-state index in [1.54, 1.807) is 18.2 Å². The van der Waals surface area contributed by atoms with Crippen molar-refractivity contribution in [2.45, 2.75) is 64.9 Å². The van der Waals surface area contributed by atoms with Crippen LogP contribution in [0, 0.1) is 11.7 Å². The summed E-state index contributed by atoms with van der Waals surface area (Å²) < 4.78 is 13.9. The second-order valence-corrected chi connectivity index (χ2v) is 5.49. The lowest BCUT2D eigenvalue weighted by Crippen LogP contribution is -2.29. The number of hydrogen-bond acceptors (Lipinski definition) is 1. The van der Waals surface area contributed by atoms with Gasteiger partial charge in [0, 0.05) is 5.56 Å². The predicted molar refractivity (Wildman–Crippen MR) is 78.5 cm³/mol.